The van der Waals surface area contributed by atoms with Gasteiger partial charge in [0, 0.05) is 26.2 Å². The highest BCUT2D eigenvalue weighted by atomic mass is 16.5. The number of amides is 3. The molecule has 8 heteroatoms. The molecule has 0 saturated carbocycles. The van der Waals surface area contributed by atoms with Gasteiger partial charge in [0.2, 0.25) is 17.7 Å². The van der Waals surface area contributed by atoms with E-state index in [0.717, 1.165) is 19.3 Å². The van der Waals surface area contributed by atoms with Gasteiger partial charge in [0.25, 0.3) is 0 Å². The van der Waals surface area contributed by atoms with Crippen molar-refractivity contribution in [3.63, 3.8) is 0 Å². The number of ether oxygens (including phenoxy) is 1. The molecule has 3 aliphatic rings. The van der Waals surface area contributed by atoms with Crippen LogP contribution >= 0.6 is 0 Å². The molecule has 0 aromatic heterocycles. The summed E-state index contributed by atoms with van der Waals surface area (Å²) in [6.07, 6.45) is 4.92. The van der Waals surface area contributed by atoms with E-state index in [1.54, 1.807) is 4.90 Å². The monoisotopic (exact) mass is 423 g/mol. The van der Waals surface area contributed by atoms with Crippen LogP contribution in [0.2, 0.25) is 0 Å². The molecular weight excluding hydrogens is 386 g/mol. The largest absolute Gasteiger partial charge is 0.396 e. The van der Waals surface area contributed by atoms with Crippen LogP contribution in [0.5, 0.6) is 0 Å². The summed E-state index contributed by atoms with van der Waals surface area (Å²) in [5.74, 6) is -1.78. The van der Waals surface area contributed by atoms with Crippen LogP contribution in [0.4, 0.5) is 0 Å². The summed E-state index contributed by atoms with van der Waals surface area (Å²) in [4.78, 5) is 41.5. The van der Waals surface area contributed by atoms with Gasteiger partial charge in [-0.2, -0.15) is 0 Å². The third-order valence-corrected chi connectivity index (χ3v) is 7.15. The average Bonchev–Trinajstić information content (AvgIpc) is 3.34. The maximum Gasteiger partial charge on any atom is 0.245 e. The summed E-state index contributed by atoms with van der Waals surface area (Å²) in [7, 11) is 0. The number of nitrogens with one attached hydrogen (secondary N) is 2. The Hall–Kier alpha value is -1.67. The van der Waals surface area contributed by atoms with Gasteiger partial charge in [-0.1, -0.05) is 27.2 Å². The molecule has 3 aliphatic heterocycles. The van der Waals surface area contributed by atoms with Gasteiger partial charge in [-0.25, -0.2) is 0 Å². The number of nitrogens with zero attached hydrogens (tertiary/aromatic N) is 1. The molecule has 170 valence electrons. The van der Waals surface area contributed by atoms with E-state index in [-0.39, 0.29) is 30.9 Å². The highest BCUT2D eigenvalue weighted by molar-refractivity contribution is 5.99. The fourth-order valence-corrected chi connectivity index (χ4v) is 5.74. The second kappa shape index (κ2) is 9.22. The molecule has 0 aliphatic carbocycles. The van der Waals surface area contributed by atoms with Crippen LogP contribution in [-0.2, 0) is 19.1 Å². The van der Waals surface area contributed by atoms with Crippen LogP contribution in [-0.4, -0.2) is 71.2 Å². The minimum Gasteiger partial charge on any atom is -0.396 e. The normalized spacial score (nSPS) is 34.3. The van der Waals surface area contributed by atoms with Crippen LogP contribution in [0.1, 0.15) is 65.7 Å². The van der Waals surface area contributed by atoms with Gasteiger partial charge in [0.1, 0.15) is 11.6 Å². The molecule has 3 amide bonds. The van der Waals surface area contributed by atoms with E-state index in [2.05, 4.69) is 17.6 Å². The number of hydrogen-bond donors (Lipinski definition) is 3. The summed E-state index contributed by atoms with van der Waals surface area (Å²) in [5, 5.41) is 15.3. The first-order valence-corrected chi connectivity index (χ1v) is 11.6. The number of unbranched alkanes of at least 4 members (excludes halogenated alkanes) is 1. The van der Waals surface area contributed by atoms with E-state index in [4.69, 9.17) is 4.74 Å². The number of rotatable bonds is 11. The highest BCUT2D eigenvalue weighted by Gasteiger charge is 2.78. The van der Waals surface area contributed by atoms with E-state index >= 15 is 0 Å². The van der Waals surface area contributed by atoms with Crippen LogP contribution in [0.15, 0.2) is 0 Å². The van der Waals surface area contributed by atoms with Crippen molar-refractivity contribution in [3.8, 4) is 0 Å². The zero-order valence-corrected chi connectivity index (χ0v) is 18.5. The van der Waals surface area contributed by atoms with Crippen LogP contribution < -0.4 is 10.6 Å². The molecular formula is C22H37N3O5. The molecule has 3 rings (SSSR count). The lowest BCUT2D eigenvalue weighted by Crippen LogP contribution is -2.55. The summed E-state index contributed by atoms with van der Waals surface area (Å²) < 4.78 is 6.61. The number of fused-ring (bicyclic) bond motifs is 1. The highest BCUT2D eigenvalue weighted by Crippen LogP contribution is 2.64. The van der Waals surface area contributed by atoms with E-state index in [1.165, 1.54) is 0 Å². The van der Waals surface area contributed by atoms with Crippen molar-refractivity contribution in [2.75, 3.05) is 26.2 Å². The lowest BCUT2D eigenvalue weighted by Gasteiger charge is -2.34. The molecule has 3 fully saturated rings. The van der Waals surface area contributed by atoms with E-state index in [1.807, 2.05) is 13.8 Å². The van der Waals surface area contributed by atoms with Gasteiger partial charge in [0.05, 0.1) is 17.4 Å². The number of aliphatic hydroxyl groups is 1. The zero-order valence-electron chi connectivity index (χ0n) is 18.5. The average molecular weight is 424 g/mol. The van der Waals surface area contributed by atoms with Crippen molar-refractivity contribution < 1.29 is 24.2 Å². The summed E-state index contributed by atoms with van der Waals surface area (Å²) in [6, 6.07) is -0.754. The number of carbonyl (C=O) groups excluding carboxylic acids is 3. The Kier molecular flexibility index (Phi) is 7.07. The molecule has 2 bridgehead atoms. The molecule has 3 N–H and O–H groups in total. The Morgan fingerprint density at radius 3 is 2.47 bits per heavy atom. The first kappa shape index (κ1) is 23.0. The van der Waals surface area contributed by atoms with Crippen LogP contribution in [0.3, 0.4) is 0 Å². The Morgan fingerprint density at radius 2 is 1.83 bits per heavy atom. The molecule has 0 radical (unpaired) electrons. The van der Waals surface area contributed by atoms with Crippen LogP contribution in [0.25, 0.3) is 0 Å². The Bertz CT molecular complexity index is 671. The van der Waals surface area contributed by atoms with Crippen molar-refractivity contribution in [2.45, 2.75) is 83.0 Å². The van der Waals surface area contributed by atoms with Gasteiger partial charge in [0.15, 0.2) is 0 Å². The van der Waals surface area contributed by atoms with Gasteiger partial charge in [-0.3, -0.25) is 14.4 Å². The predicted octanol–water partition coefficient (Wildman–Crippen LogP) is 0.966. The Morgan fingerprint density at radius 1 is 1.10 bits per heavy atom. The van der Waals surface area contributed by atoms with Crippen molar-refractivity contribution in [1.82, 2.24) is 15.5 Å². The minimum atomic E-state index is -0.965. The lowest BCUT2D eigenvalue weighted by molar-refractivity contribution is -0.147. The molecule has 0 aromatic rings. The van der Waals surface area contributed by atoms with E-state index < -0.39 is 29.1 Å². The quantitative estimate of drug-likeness (QED) is 0.429. The van der Waals surface area contributed by atoms with E-state index in [9.17, 15) is 19.5 Å². The fourth-order valence-electron chi connectivity index (χ4n) is 5.74. The SMILES string of the molecule is CCCCNC(=O)C1N(CCCO)C(=O)[C@@H]2[C@H](C(=O)NCCC)[C@]3(CC)CCC12O3. The smallest absolute Gasteiger partial charge is 0.245 e. The first-order valence-electron chi connectivity index (χ1n) is 11.6. The van der Waals surface area contributed by atoms with Gasteiger partial charge >= 0.3 is 0 Å². The molecule has 8 nitrogen and oxygen atoms in total. The van der Waals surface area contributed by atoms with Crippen LogP contribution in [0, 0.1) is 11.8 Å². The van der Waals surface area contributed by atoms with Gasteiger partial charge < -0.3 is 25.4 Å². The summed E-state index contributed by atoms with van der Waals surface area (Å²) in [6.45, 7) is 7.36. The number of carbonyl (C=O) groups is 3. The molecule has 3 heterocycles. The molecule has 2 unspecified atom stereocenters. The van der Waals surface area contributed by atoms with Crippen molar-refractivity contribution in [1.29, 1.82) is 0 Å². The predicted molar refractivity (Wildman–Crippen MR) is 111 cm³/mol. The van der Waals surface area contributed by atoms with Gasteiger partial charge in [-0.05, 0) is 38.5 Å². The Balaban J connectivity index is 1.96. The molecule has 5 atom stereocenters. The minimum absolute atomic E-state index is 0.0637. The number of aliphatic hydroxyl groups excluding tert-OH is 1. The van der Waals surface area contributed by atoms with Crippen molar-refractivity contribution in [3.05, 3.63) is 0 Å². The fraction of sp³-hybridized carbons (Fsp3) is 0.864. The number of likely N-dealkylation sites (tertiary alicyclic amines) is 1. The second-order valence-corrected chi connectivity index (χ2v) is 8.88. The molecule has 1 spiro atoms. The molecule has 30 heavy (non-hydrogen) atoms. The lowest BCUT2D eigenvalue weighted by atomic mass is 9.65. The molecule has 3 saturated heterocycles. The third-order valence-electron chi connectivity index (χ3n) is 7.15. The second-order valence-electron chi connectivity index (χ2n) is 8.88. The maximum absolute atomic E-state index is 13.6. The maximum atomic E-state index is 13.6. The zero-order chi connectivity index (χ0) is 21.9. The van der Waals surface area contributed by atoms with Crippen molar-refractivity contribution in [2.24, 2.45) is 11.8 Å². The van der Waals surface area contributed by atoms with E-state index in [0.29, 0.717) is 38.8 Å². The topological polar surface area (TPSA) is 108 Å². The molecule has 0 aromatic carbocycles. The number of hydrogen-bond acceptors (Lipinski definition) is 5. The standard InChI is InChI=1S/C22H37N3O5/c1-4-7-12-24-19(28)17-22-10-9-21(6-3,30-22)15(18(27)23-11-5-2)16(22)20(29)25(17)13-8-14-26/h15-17,26H,4-14H2,1-3H3,(H,23,27)(H,24,28)/t15-,16+,17?,21+,22?/m1/s1. The first-order chi connectivity index (χ1) is 14.4. The summed E-state index contributed by atoms with van der Waals surface area (Å²) in [5.41, 5.74) is -1.66. The third kappa shape index (κ3) is 3.51. The van der Waals surface area contributed by atoms with Crippen molar-refractivity contribution >= 4 is 17.7 Å². The van der Waals surface area contributed by atoms with Gasteiger partial charge in [-0.15, -0.1) is 0 Å². The summed E-state index contributed by atoms with van der Waals surface area (Å²) >= 11 is 0. The Labute approximate surface area is 179 Å².